The Bertz CT molecular complexity index is 1020. The maximum Gasteiger partial charge on any atom is 0.251 e. The molecule has 180 valence electrons. The van der Waals surface area contributed by atoms with Crippen LogP contribution in [0.25, 0.3) is 0 Å². The topological polar surface area (TPSA) is 96.5 Å². The Morgan fingerprint density at radius 1 is 1.12 bits per heavy atom. The number of ether oxygens (including phenoxy) is 1. The van der Waals surface area contributed by atoms with Crippen LogP contribution in [0, 0.1) is 0 Å². The first kappa shape index (κ1) is 25.2. The van der Waals surface area contributed by atoms with E-state index in [-0.39, 0.29) is 25.0 Å². The van der Waals surface area contributed by atoms with Crippen molar-refractivity contribution in [1.29, 1.82) is 0 Å². The molecule has 33 heavy (non-hydrogen) atoms. The molecular weight excluding hydrogens is 438 g/mol. The van der Waals surface area contributed by atoms with Crippen LogP contribution >= 0.6 is 0 Å². The van der Waals surface area contributed by atoms with Gasteiger partial charge in [-0.1, -0.05) is 24.3 Å². The number of rotatable bonds is 11. The van der Waals surface area contributed by atoms with Gasteiger partial charge < -0.3 is 15.4 Å². The molecule has 0 aromatic heterocycles. The number of hydrogen-bond donors (Lipinski definition) is 3. The highest BCUT2D eigenvalue weighted by atomic mass is 32.2. The molecule has 1 fully saturated rings. The smallest absolute Gasteiger partial charge is 0.251 e. The van der Waals surface area contributed by atoms with Crippen molar-refractivity contribution in [1.82, 2.24) is 15.4 Å². The number of carbonyl (C=O) groups is 1. The molecule has 1 amide bonds. The maximum absolute atomic E-state index is 12.3. The molecule has 7 nitrogen and oxygen atoms in total. The van der Waals surface area contributed by atoms with Crippen LogP contribution in [0.4, 0.5) is 0 Å². The van der Waals surface area contributed by atoms with Gasteiger partial charge in [0, 0.05) is 30.7 Å². The van der Waals surface area contributed by atoms with E-state index in [1.54, 1.807) is 0 Å². The molecule has 1 unspecified atom stereocenters. The highest BCUT2D eigenvalue weighted by Crippen LogP contribution is 2.35. The summed E-state index contributed by atoms with van der Waals surface area (Å²) < 4.78 is 30.1. The van der Waals surface area contributed by atoms with Crippen LogP contribution in [0.3, 0.4) is 0 Å². The number of benzene rings is 2. The minimum absolute atomic E-state index is 0.174. The van der Waals surface area contributed by atoms with Gasteiger partial charge in [-0.2, -0.15) is 0 Å². The normalized spacial score (nSPS) is 19.2. The molecule has 0 heterocycles. The minimum atomic E-state index is -3.25. The van der Waals surface area contributed by atoms with Gasteiger partial charge in [-0.05, 0) is 74.4 Å². The summed E-state index contributed by atoms with van der Waals surface area (Å²) >= 11 is 0. The average molecular weight is 474 g/mol. The Morgan fingerprint density at radius 3 is 2.58 bits per heavy atom. The Kier molecular flexibility index (Phi) is 8.88. The van der Waals surface area contributed by atoms with Crippen LogP contribution < -0.4 is 20.1 Å². The SMILES string of the molecule is CCOc1cccc([C@@H](C)N[C@H]2CCC(c3ccc(C(=O)NCCNS(C)(=O)=O)cc3)C2)c1. The number of sulfonamides is 1. The number of carbonyl (C=O) groups excluding carboxylic acids is 1. The summed E-state index contributed by atoms with van der Waals surface area (Å²) in [5.74, 6) is 1.18. The van der Waals surface area contributed by atoms with Crippen molar-refractivity contribution in [3.05, 3.63) is 65.2 Å². The lowest BCUT2D eigenvalue weighted by molar-refractivity contribution is 0.0954. The first-order valence-corrected chi connectivity index (χ1v) is 13.5. The standard InChI is InChI=1S/C25H35N3O4S/c1-4-32-24-7-5-6-21(17-24)18(2)28-23-13-12-22(16-23)19-8-10-20(11-9-19)25(29)26-14-15-27-33(3,30)31/h5-11,17-18,22-23,27-28H,4,12-16H2,1-3H3,(H,26,29)/t18-,22?,23+/m1/s1. The summed E-state index contributed by atoms with van der Waals surface area (Å²) in [6, 6.07) is 16.7. The third kappa shape index (κ3) is 7.84. The molecule has 3 N–H and O–H groups in total. The molecule has 3 atom stereocenters. The predicted molar refractivity (Wildman–Crippen MR) is 131 cm³/mol. The first-order chi connectivity index (χ1) is 15.7. The van der Waals surface area contributed by atoms with E-state index in [4.69, 9.17) is 4.74 Å². The van der Waals surface area contributed by atoms with Crippen LogP contribution in [-0.4, -0.2) is 46.3 Å². The molecule has 3 rings (SSSR count). The van der Waals surface area contributed by atoms with Crippen molar-refractivity contribution in [3.8, 4) is 5.75 Å². The van der Waals surface area contributed by atoms with E-state index in [1.807, 2.05) is 43.3 Å². The van der Waals surface area contributed by atoms with E-state index in [2.05, 4.69) is 34.4 Å². The molecule has 2 aromatic carbocycles. The van der Waals surface area contributed by atoms with Crippen molar-refractivity contribution in [3.63, 3.8) is 0 Å². The van der Waals surface area contributed by atoms with Gasteiger partial charge in [0.25, 0.3) is 5.91 Å². The van der Waals surface area contributed by atoms with Gasteiger partial charge in [0.05, 0.1) is 12.9 Å². The fourth-order valence-electron chi connectivity index (χ4n) is 4.35. The molecule has 0 saturated heterocycles. The van der Waals surface area contributed by atoms with Crippen LogP contribution in [0.2, 0.25) is 0 Å². The molecule has 0 radical (unpaired) electrons. The van der Waals surface area contributed by atoms with Crippen molar-refractivity contribution in [2.75, 3.05) is 26.0 Å². The zero-order valence-electron chi connectivity index (χ0n) is 19.6. The van der Waals surface area contributed by atoms with Gasteiger partial charge in [-0.25, -0.2) is 13.1 Å². The molecule has 0 bridgehead atoms. The summed E-state index contributed by atoms with van der Waals surface area (Å²) in [4.78, 5) is 12.3. The van der Waals surface area contributed by atoms with E-state index >= 15 is 0 Å². The second-order valence-electron chi connectivity index (χ2n) is 8.65. The van der Waals surface area contributed by atoms with Gasteiger partial charge in [-0.15, -0.1) is 0 Å². The lowest BCUT2D eigenvalue weighted by atomic mass is 9.96. The highest BCUT2D eigenvalue weighted by Gasteiger charge is 2.27. The van der Waals surface area contributed by atoms with Gasteiger partial charge in [0.2, 0.25) is 10.0 Å². The summed E-state index contributed by atoms with van der Waals surface area (Å²) in [6.45, 7) is 5.27. The molecule has 1 aliphatic carbocycles. The zero-order valence-corrected chi connectivity index (χ0v) is 20.5. The Balaban J connectivity index is 1.48. The third-order valence-electron chi connectivity index (χ3n) is 6.01. The lowest BCUT2D eigenvalue weighted by Gasteiger charge is -2.21. The number of nitrogens with one attached hydrogen (secondary N) is 3. The molecule has 1 aliphatic rings. The van der Waals surface area contributed by atoms with Crippen LogP contribution in [0.15, 0.2) is 48.5 Å². The quantitative estimate of drug-likeness (QED) is 0.435. The van der Waals surface area contributed by atoms with Gasteiger partial charge in [0.15, 0.2) is 0 Å². The van der Waals surface area contributed by atoms with E-state index in [0.717, 1.165) is 31.3 Å². The summed E-state index contributed by atoms with van der Waals surface area (Å²) in [7, 11) is -3.25. The number of hydrogen-bond acceptors (Lipinski definition) is 5. The predicted octanol–water partition coefficient (Wildman–Crippen LogP) is 3.35. The summed E-state index contributed by atoms with van der Waals surface area (Å²) in [5.41, 5.74) is 3.06. The van der Waals surface area contributed by atoms with Crippen LogP contribution in [0.1, 0.15) is 66.6 Å². The highest BCUT2D eigenvalue weighted by molar-refractivity contribution is 7.88. The van der Waals surface area contributed by atoms with Crippen molar-refractivity contribution in [2.45, 2.75) is 51.1 Å². The largest absolute Gasteiger partial charge is 0.494 e. The van der Waals surface area contributed by atoms with Crippen molar-refractivity contribution in [2.24, 2.45) is 0 Å². The Labute approximate surface area is 197 Å². The van der Waals surface area contributed by atoms with E-state index in [1.165, 1.54) is 11.1 Å². The maximum atomic E-state index is 12.3. The van der Waals surface area contributed by atoms with Crippen molar-refractivity contribution < 1.29 is 17.9 Å². The molecule has 2 aromatic rings. The van der Waals surface area contributed by atoms with Gasteiger partial charge in [0.1, 0.15) is 5.75 Å². The molecule has 0 aliphatic heterocycles. The fourth-order valence-corrected chi connectivity index (χ4v) is 4.82. The first-order valence-electron chi connectivity index (χ1n) is 11.6. The average Bonchev–Trinajstić information content (AvgIpc) is 3.25. The van der Waals surface area contributed by atoms with Crippen LogP contribution in [0.5, 0.6) is 5.75 Å². The van der Waals surface area contributed by atoms with E-state index in [9.17, 15) is 13.2 Å². The minimum Gasteiger partial charge on any atom is -0.494 e. The number of amides is 1. The van der Waals surface area contributed by atoms with E-state index in [0.29, 0.717) is 24.1 Å². The summed E-state index contributed by atoms with van der Waals surface area (Å²) in [5, 5.41) is 6.50. The van der Waals surface area contributed by atoms with Crippen molar-refractivity contribution >= 4 is 15.9 Å². The van der Waals surface area contributed by atoms with Gasteiger partial charge in [-0.3, -0.25) is 4.79 Å². The second kappa shape index (κ2) is 11.6. The van der Waals surface area contributed by atoms with Gasteiger partial charge >= 0.3 is 0 Å². The van der Waals surface area contributed by atoms with Crippen LogP contribution in [-0.2, 0) is 10.0 Å². The molecular formula is C25H35N3O4S. The lowest BCUT2D eigenvalue weighted by Crippen LogP contribution is -2.34. The van der Waals surface area contributed by atoms with E-state index < -0.39 is 10.0 Å². The monoisotopic (exact) mass is 473 g/mol. The third-order valence-corrected chi connectivity index (χ3v) is 6.74. The molecule has 8 heteroatoms. The molecule has 1 saturated carbocycles. The second-order valence-corrected chi connectivity index (χ2v) is 10.5. The fraction of sp³-hybridized carbons (Fsp3) is 0.480. The Morgan fingerprint density at radius 2 is 1.88 bits per heavy atom. The molecule has 0 spiro atoms. The zero-order chi connectivity index (χ0) is 23.8. The Hall–Kier alpha value is -2.42. The summed E-state index contributed by atoms with van der Waals surface area (Å²) in [6.07, 6.45) is 4.40.